The van der Waals surface area contributed by atoms with E-state index in [9.17, 15) is 24.9 Å². The third kappa shape index (κ3) is 5.79. The van der Waals surface area contributed by atoms with Gasteiger partial charge >= 0.3 is 11.9 Å². The predicted molar refractivity (Wildman–Crippen MR) is 93.1 cm³/mol. The van der Waals surface area contributed by atoms with Crippen molar-refractivity contribution in [3.63, 3.8) is 0 Å². The van der Waals surface area contributed by atoms with Crippen LogP contribution in [0.15, 0.2) is 49.1 Å². The number of pyridine rings is 2. The molecule has 0 aromatic carbocycles. The van der Waals surface area contributed by atoms with Crippen LogP contribution in [0.4, 0.5) is 0 Å². The smallest absolute Gasteiger partial charge is 0.340 e. The second-order valence-corrected chi connectivity index (χ2v) is 5.76. The summed E-state index contributed by atoms with van der Waals surface area (Å²) >= 11 is 0. The minimum Gasteiger partial charge on any atom is -0.459 e. The van der Waals surface area contributed by atoms with Crippen LogP contribution >= 0.6 is 0 Å². The lowest BCUT2D eigenvalue weighted by molar-refractivity contribution is -0.129. The lowest BCUT2D eigenvalue weighted by atomic mass is 10.0. The maximum atomic E-state index is 12.2. The first-order chi connectivity index (χ1) is 13.4. The summed E-state index contributed by atoms with van der Waals surface area (Å²) in [5, 5.41) is 39.1. The molecule has 2 heterocycles. The quantitative estimate of drug-likeness (QED) is 0.387. The molecule has 0 amide bonds. The third-order valence-corrected chi connectivity index (χ3v) is 3.72. The number of rotatable bonds is 9. The number of aromatic nitrogens is 2. The van der Waals surface area contributed by atoms with Gasteiger partial charge in [0, 0.05) is 24.8 Å². The Bertz CT molecular complexity index is 759. The van der Waals surface area contributed by atoms with Crippen LogP contribution in [0.5, 0.6) is 0 Å². The molecule has 4 atom stereocenters. The number of hydrogen-bond acceptors (Lipinski definition) is 10. The summed E-state index contributed by atoms with van der Waals surface area (Å²) in [4.78, 5) is 31.6. The standard InChI is InChI=1S/C18H20N2O8/c21-9-13(22)15(24)16(28-18(26)12-4-2-6-20-8-12)14(23)10-27-17(25)11-3-1-5-19-7-11/h1-8,13-16,21-24H,9-10H2/t13-,14-,15-,16-/m1/s1. The molecule has 28 heavy (non-hydrogen) atoms. The fourth-order valence-corrected chi connectivity index (χ4v) is 2.20. The molecule has 2 aromatic rings. The van der Waals surface area contributed by atoms with E-state index in [4.69, 9.17) is 14.6 Å². The van der Waals surface area contributed by atoms with Gasteiger partial charge in [-0.15, -0.1) is 0 Å². The molecule has 0 aliphatic heterocycles. The molecule has 0 aliphatic carbocycles. The highest BCUT2D eigenvalue weighted by Gasteiger charge is 2.36. The normalized spacial score (nSPS) is 15.1. The van der Waals surface area contributed by atoms with Crippen LogP contribution in [-0.4, -0.2) is 80.0 Å². The summed E-state index contributed by atoms with van der Waals surface area (Å²) in [6, 6.07) is 5.85. The van der Waals surface area contributed by atoms with Crippen molar-refractivity contribution < 1.29 is 39.5 Å². The highest BCUT2D eigenvalue weighted by Crippen LogP contribution is 2.14. The largest absolute Gasteiger partial charge is 0.459 e. The molecular formula is C18H20N2O8. The Hall–Kier alpha value is -2.92. The van der Waals surface area contributed by atoms with Crippen molar-refractivity contribution in [2.24, 2.45) is 0 Å². The highest BCUT2D eigenvalue weighted by molar-refractivity contribution is 5.89. The van der Waals surface area contributed by atoms with Gasteiger partial charge in [0.1, 0.15) is 24.9 Å². The maximum Gasteiger partial charge on any atom is 0.340 e. The molecule has 0 fully saturated rings. The molecule has 4 N–H and O–H groups in total. The Balaban J connectivity index is 2.07. The van der Waals surface area contributed by atoms with Crippen LogP contribution in [0.25, 0.3) is 0 Å². The van der Waals surface area contributed by atoms with Crippen molar-refractivity contribution in [1.29, 1.82) is 0 Å². The van der Waals surface area contributed by atoms with Crippen LogP contribution in [0.1, 0.15) is 20.7 Å². The van der Waals surface area contributed by atoms with Crippen molar-refractivity contribution in [3.8, 4) is 0 Å². The Morgan fingerprint density at radius 1 is 0.929 bits per heavy atom. The van der Waals surface area contributed by atoms with Gasteiger partial charge in [-0.3, -0.25) is 9.97 Å². The molecule has 150 valence electrons. The molecule has 0 bridgehead atoms. The van der Waals surface area contributed by atoms with Crippen LogP contribution in [0.3, 0.4) is 0 Å². The van der Waals surface area contributed by atoms with E-state index in [-0.39, 0.29) is 11.1 Å². The Morgan fingerprint density at radius 2 is 1.50 bits per heavy atom. The molecule has 2 aromatic heterocycles. The predicted octanol–water partition coefficient (Wildman–Crippen LogP) is -1.07. The monoisotopic (exact) mass is 392 g/mol. The van der Waals surface area contributed by atoms with Crippen LogP contribution in [0.2, 0.25) is 0 Å². The number of aliphatic hydroxyl groups is 4. The number of aliphatic hydroxyl groups excluding tert-OH is 4. The van der Waals surface area contributed by atoms with E-state index in [0.717, 1.165) is 0 Å². The van der Waals surface area contributed by atoms with Gasteiger partial charge in [0.25, 0.3) is 0 Å². The first kappa shape index (κ1) is 21.4. The van der Waals surface area contributed by atoms with Gasteiger partial charge in [-0.25, -0.2) is 9.59 Å². The minimum atomic E-state index is -1.84. The molecule has 0 unspecified atom stereocenters. The average molecular weight is 392 g/mol. The summed E-state index contributed by atoms with van der Waals surface area (Å²) in [5.41, 5.74) is 0.173. The summed E-state index contributed by atoms with van der Waals surface area (Å²) < 4.78 is 10.0. The van der Waals surface area contributed by atoms with Crippen LogP contribution in [-0.2, 0) is 9.47 Å². The first-order valence-electron chi connectivity index (χ1n) is 8.27. The SMILES string of the molecule is O=C(OC[C@@H](O)[C@@H](OC(=O)c1cccnc1)[C@H](O)[C@H](O)CO)c1cccnc1. The fraction of sp³-hybridized carbons (Fsp3) is 0.333. The zero-order chi connectivity index (χ0) is 20.5. The maximum absolute atomic E-state index is 12.2. The van der Waals surface area contributed by atoms with E-state index in [1.54, 1.807) is 0 Å². The molecule has 2 rings (SSSR count). The van der Waals surface area contributed by atoms with Crippen LogP contribution < -0.4 is 0 Å². The number of carbonyl (C=O) groups is 2. The number of ether oxygens (including phenoxy) is 2. The zero-order valence-electron chi connectivity index (χ0n) is 14.7. The van der Waals surface area contributed by atoms with E-state index in [1.807, 2.05) is 0 Å². The van der Waals surface area contributed by atoms with Crippen molar-refractivity contribution in [2.45, 2.75) is 24.4 Å². The lowest BCUT2D eigenvalue weighted by Crippen LogP contribution is -2.50. The molecule has 0 saturated carbocycles. The van der Waals surface area contributed by atoms with Crippen molar-refractivity contribution in [1.82, 2.24) is 9.97 Å². The Kier molecular flexibility index (Phi) is 7.96. The molecule has 0 saturated heterocycles. The summed E-state index contributed by atoms with van der Waals surface area (Å²) in [6.07, 6.45) is -1.53. The molecule has 0 aliphatic rings. The highest BCUT2D eigenvalue weighted by atomic mass is 16.6. The van der Waals surface area contributed by atoms with Gasteiger partial charge in [0.05, 0.1) is 17.7 Å². The van der Waals surface area contributed by atoms with Gasteiger partial charge in [-0.05, 0) is 24.3 Å². The van der Waals surface area contributed by atoms with Gasteiger partial charge in [-0.2, -0.15) is 0 Å². The number of esters is 2. The molecular weight excluding hydrogens is 372 g/mol. The lowest BCUT2D eigenvalue weighted by Gasteiger charge is -2.29. The third-order valence-electron chi connectivity index (χ3n) is 3.72. The minimum absolute atomic E-state index is 0.0396. The van der Waals surface area contributed by atoms with Gasteiger partial charge in [0.2, 0.25) is 0 Å². The fourth-order valence-electron chi connectivity index (χ4n) is 2.20. The van der Waals surface area contributed by atoms with Crippen molar-refractivity contribution in [3.05, 3.63) is 60.2 Å². The summed E-state index contributed by atoms with van der Waals surface area (Å²) in [6.45, 7) is -1.49. The number of carbonyl (C=O) groups excluding carboxylic acids is 2. The van der Waals surface area contributed by atoms with E-state index >= 15 is 0 Å². The Morgan fingerprint density at radius 3 is 2.00 bits per heavy atom. The number of nitrogens with zero attached hydrogens (tertiary/aromatic N) is 2. The van der Waals surface area contributed by atoms with E-state index < -0.39 is 49.6 Å². The van der Waals surface area contributed by atoms with E-state index in [2.05, 4.69) is 9.97 Å². The summed E-state index contributed by atoms with van der Waals surface area (Å²) in [5.74, 6) is -1.72. The molecule has 10 heteroatoms. The van der Waals surface area contributed by atoms with Gasteiger partial charge in [0.15, 0.2) is 6.10 Å². The van der Waals surface area contributed by atoms with Crippen molar-refractivity contribution in [2.75, 3.05) is 13.2 Å². The second-order valence-electron chi connectivity index (χ2n) is 5.76. The van der Waals surface area contributed by atoms with Gasteiger partial charge < -0.3 is 29.9 Å². The Labute approximate surface area is 160 Å². The number of hydrogen-bond donors (Lipinski definition) is 4. The zero-order valence-corrected chi connectivity index (χ0v) is 14.7. The van der Waals surface area contributed by atoms with E-state index in [0.29, 0.717) is 0 Å². The second kappa shape index (κ2) is 10.4. The average Bonchev–Trinajstić information content (AvgIpc) is 2.75. The molecule has 0 radical (unpaired) electrons. The van der Waals surface area contributed by atoms with Crippen molar-refractivity contribution >= 4 is 11.9 Å². The first-order valence-corrected chi connectivity index (χ1v) is 8.27. The van der Waals surface area contributed by atoms with Crippen LogP contribution in [0, 0.1) is 0 Å². The molecule has 0 spiro atoms. The molecule has 10 nitrogen and oxygen atoms in total. The van der Waals surface area contributed by atoms with E-state index in [1.165, 1.54) is 49.1 Å². The van der Waals surface area contributed by atoms with Gasteiger partial charge in [-0.1, -0.05) is 0 Å². The topological polar surface area (TPSA) is 159 Å². The summed E-state index contributed by atoms with van der Waals surface area (Å²) in [7, 11) is 0.